The number of aromatic nitrogens is 5. The van der Waals surface area contributed by atoms with Gasteiger partial charge in [-0.05, 0) is 29.7 Å². The second kappa shape index (κ2) is 4.25. The van der Waals surface area contributed by atoms with E-state index >= 15 is 0 Å². The molecule has 0 amide bonds. The number of tetrazole rings is 1. The minimum Gasteiger partial charge on any atom is -0.471 e. The lowest BCUT2D eigenvalue weighted by Gasteiger charge is -2.28. The lowest BCUT2D eigenvalue weighted by Crippen LogP contribution is -2.41. The van der Waals surface area contributed by atoms with Crippen LogP contribution in [0.25, 0.3) is 5.65 Å². The van der Waals surface area contributed by atoms with Gasteiger partial charge in [-0.25, -0.2) is 0 Å². The monoisotopic (exact) mass is 234 g/mol. The third kappa shape index (κ3) is 1.93. The highest BCUT2D eigenvalue weighted by molar-refractivity contribution is 5.34. The van der Waals surface area contributed by atoms with Crippen LogP contribution in [0.15, 0.2) is 12.4 Å². The normalized spacial score (nSPS) is 25.0. The van der Waals surface area contributed by atoms with Crippen molar-refractivity contribution in [3.8, 4) is 5.88 Å². The molecule has 1 aliphatic rings. The Morgan fingerprint density at radius 2 is 2.18 bits per heavy atom. The minimum atomic E-state index is 0.0281. The molecule has 2 aromatic heterocycles. The first-order valence-corrected chi connectivity index (χ1v) is 5.79. The maximum Gasteiger partial charge on any atom is 0.237 e. The van der Waals surface area contributed by atoms with Gasteiger partial charge in [0.05, 0.1) is 12.4 Å². The third-order valence-electron chi connectivity index (χ3n) is 3.10. The van der Waals surface area contributed by atoms with Crippen molar-refractivity contribution in [2.24, 2.45) is 5.73 Å². The summed E-state index contributed by atoms with van der Waals surface area (Å²) in [6.45, 7) is 0. The van der Waals surface area contributed by atoms with Crippen molar-refractivity contribution in [1.29, 1.82) is 0 Å². The van der Waals surface area contributed by atoms with Gasteiger partial charge in [0.15, 0.2) is 0 Å². The molecule has 2 unspecified atom stereocenters. The Bertz CT molecular complexity index is 512. The van der Waals surface area contributed by atoms with Crippen LogP contribution >= 0.6 is 0 Å². The molecule has 0 aromatic carbocycles. The Morgan fingerprint density at radius 3 is 3.06 bits per heavy atom. The van der Waals surface area contributed by atoms with E-state index in [1.165, 1.54) is 10.9 Å². The highest BCUT2D eigenvalue weighted by Crippen LogP contribution is 2.22. The molecule has 7 heteroatoms. The van der Waals surface area contributed by atoms with E-state index in [4.69, 9.17) is 10.5 Å². The maximum absolute atomic E-state index is 6.04. The third-order valence-corrected chi connectivity index (χ3v) is 3.10. The van der Waals surface area contributed by atoms with Crippen LogP contribution in [0.1, 0.15) is 25.7 Å². The first-order chi connectivity index (χ1) is 8.34. The van der Waals surface area contributed by atoms with Crippen LogP contribution in [-0.2, 0) is 0 Å². The van der Waals surface area contributed by atoms with E-state index in [1.54, 1.807) is 12.4 Å². The summed E-state index contributed by atoms with van der Waals surface area (Å²) in [5.74, 6) is 0.551. The number of ether oxygens (including phenoxy) is 1. The molecule has 7 nitrogen and oxygen atoms in total. The van der Waals surface area contributed by atoms with Crippen molar-refractivity contribution < 1.29 is 4.74 Å². The SMILES string of the molecule is NC1CCCCC1Oc1cncc2nnnn12. The van der Waals surface area contributed by atoms with Gasteiger partial charge in [-0.1, -0.05) is 6.42 Å². The predicted octanol–water partition coefficient (Wildman–Crippen LogP) is 0.168. The number of nitrogens with zero attached hydrogens (tertiary/aromatic N) is 5. The number of nitrogens with two attached hydrogens (primary N) is 1. The lowest BCUT2D eigenvalue weighted by atomic mass is 9.93. The van der Waals surface area contributed by atoms with Crippen molar-refractivity contribution in [2.45, 2.75) is 37.8 Å². The molecule has 0 radical (unpaired) electrons. The molecule has 2 N–H and O–H groups in total. The van der Waals surface area contributed by atoms with Crippen LogP contribution in [-0.4, -0.2) is 37.2 Å². The fraction of sp³-hybridized carbons (Fsp3) is 0.600. The van der Waals surface area contributed by atoms with Crippen LogP contribution in [0.3, 0.4) is 0 Å². The molecule has 1 fully saturated rings. The average molecular weight is 234 g/mol. The van der Waals surface area contributed by atoms with E-state index < -0.39 is 0 Å². The minimum absolute atomic E-state index is 0.0281. The molecule has 1 aliphatic carbocycles. The van der Waals surface area contributed by atoms with Crippen molar-refractivity contribution in [3.63, 3.8) is 0 Å². The van der Waals surface area contributed by atoms with E-state index in [-0.39, 0.29) is 12.1 Å². The fourth-order valence-corrected chi connectivity index (χ4v) is 2.16. The molecule has 17 heavy (non-hydrogen) atoms. The van der Waals surface area contributed by atoms with Gasteiger partial charge in [0.2, 0.25) is 11.5 Å². The molecule has 0 bridgehead atoms. The van der Waals surface area contributed by atoms with Crippen LogP contribution < -0.4 is 10.5 Å². The Kier molecular flexibility index (Phi) is 2.60. The second-order valence-electron chi connectivity index (χ2n) is 4.30. The Balaban J connectivity index is 1.86. The summed E-state index contributed by atoms with van der Waals surface area (Å²) >= 11 is 0. The molecule has 3 rings (SSSR count). The van der Waals surface area contributed by atoms with Gasteiger partial charge in [-0.15, -0.1) is 5.10 Å². The van der Waals surface area contributed by atoms with Crippen LogP contribution in [0.2, 0.25) is 0 Å². The van der Waals surface area contributed by atoms with Crippen molar-refractivity contribution in [1.82, 2.24) is 25.0 Å². The summed E-state index contributed by atoms with van der Waals surface area (Å²) in [5.41, 5.74) is 6.62. The van der Waals surface area contributed by atoms with Crippen LogP contribution in [0.5, 0.6) is 5.88 Å². The summed E-state index contributed by atoms with van der Waals surface area (Å²) in [7, 11) is 0. The molecular weight excluding hydrogens is 220 g/mol. The zero-order valence-electron chi connectivity index (χ0n) is 9.36. The molecule has 0 spiro atoms. The van der Waals surface area contributed by atoms with E-state index in [0.717, 1.165) is 19.3 Å². The Morgan fingerprint density at radius 1 is 1.29 bits per heavy atom. The first-order valence-electron chi connectivity index (χ1n) is 5.79. The van der Waals surface area contributed by atoms with Gasteiger partial charge < -0.3 is 10.5 Å². The smallest absolute Gasteiger partial charge is 0.237 e. The molecule has 2 aromatic rings. The van der Waals surface area contributed by atoms with Crippen molar-refractivity contribution >= 4 is 5.65 Å². The van der Waals surface area contributed by atoms with Gasteiger partial charge >= 0.3 is 0 Å². The number of hydrogen-bond acceptors (Lipinski definition) is 6. The molecular formula is C10H14N6O. The standard InChI is InChI=1S/C10H14N6O/c11-7-3-1-2-4-8(7)17-10-6-12-5-9-13-14-15-16(9)10/h5-8H,1-4,11H2. The lowest BCUT2D eigenvalue weighted by molar-refractivity contribution is 0.123. The predicted molar refractivity (Wildman–Crippen MR) is 59.4 cm³/mol. The summed E-state index contributed by atoms with van der Waals surface area (Å²) in [6, 6.07) is 0.0792. The number of fused-ring (bicyclic) bond motifs is 1. The molecule has 1 saturated carbocycles. The van der Waals surface area contributed by atoms with Gasteiger partial charge in [-0.2, -0.15) is 4.52 Å². The molecule has 90 valence electrons. The number of rotatable bonds is 2. The van der Waals surface area contributed by atoms with Crippen molar-refractivity contribution in [2.75, 3.05) is 0 Å². The number of hydrogen-bond donors (Lipinski definition) is 1. The quantitative estimate of drug-likeness (QED) is 0.796. The van der Waals surface area contributed by atoms with Gasteiger partial charge in [-0.3, -0.25) is 4.98 Å². The highest BCUT2D eigenvalue weighted by atomic mass is 16.5. The summed E-state index contributed by atoms with van der Waals surface area (Å²) in [6.07, 6.45) is 7.54. The Labute approximate surface area is 98.0 Å². The molecule has 0 aliphatic heterocycles. The average Bonchev–Trinajstić information content (AvgIpc) is 2.81. The highest BCUT2D eigenvalue weighted by Gasteiger charge is 2.24. The van der Waals surface area contributed by atoms with Crippen LogP contribution in [0, 0.1) is 0 Å². The van der Waals surface area contributed by atoms with Gasteiger partial charge in [0.25, 0.3) is 0 Å². The maximum atomic E-state index is 6.04. The van der Waals surface area contributed by atoms with Crippen LogP contribution in [0.4, 0.5) is 0 Å². The molecule has 0 saturated heterocycles. The Hall–Kier alpha value is -1.76. The molecule has 2 atom stereocenters. The zero-order valence-corrected chi connectivity index (χ0v) is 9.36. The fourth-order valence-electron chi connectivity index (χ4n) is 2.16. The molecule has 2 heterocycles. The van der Waals surface area contributed by atoms with E-state index in [2.05, 4.69) is 20.5 Å². The van der Waals surface area contributed by atoms with Gasteiger partial charge in [0, 0.05) is 6.04 Å². The van der Waals surface area contributed by atoms with Gasteiger partial charge in [0.1, 0.15) is 6.10 Å². The topological polar surface area (TPSA) is 91.2 Å². The summed E-state index contributed by atoms with van der Waals surface area (Å²) in [5, 5.41) is 11.3. The van der Waals surface area contributed by atoms with Crippen molar-refractivity contribution in [3.05, 3.63) is 12.4 Å². The summed E-state index contributed by atoms with van der Waals surface area (Å²) < 4.78 is 7.41. The second-order valence-corrected chi connectivity index (χ2v) is 4.30. The zero-order chi connectivity index (χ0) is 11.7. The largest absolute Gasteiger partial charge is 0.471 e. The van der Waals surface area contributed by atoms with E-state index in [0.29, 0.717) is 11.5 Å². The summed E-state index contributed by atoms with van der Waals surface area (Å²) in [4.78, 5) is 4.05. The van der Waals surface area contributed by atoms with E-state index in [1.807, 2.05) is 0 Å². The van der Waals surface area contributed by atoms with E-state index in [9.17, 15) is 0 Å². The first kappa shape index (κ1) is 10.4.